The van der Waals surface area contributed by atoms with Crippen molar-refractivity contribution in [1.82, 2.24) is 0 Å². The first-order chi connectivity index (χ1) is 7.72. The highest BCUT2D eigenvalue weighted by Gasteiger charge is 2.17. The fourth-order valence-corrected chi connectivity index (χ4v) is 1.73. The smallest absolute Gasteiger partial charge is 0.118 e. The van der Waals surface area contributed by atoms with Crippen LogP contribution in [0.25, 0.3) is 0 Å². The Labute approximate surface area is 97.6 Å². The van der Waals surface area contributed by atoms with E-state index in [1.54, 1.807) is 7.11 Å². The van der Waals surface area contributed by atoms with Gasteiger partial charge in [-0.25, -0.2) is 0 Å². The molecule has 0 spiro atoms. The third kappa shape index (κ3) is 3.22. The molecule has 0 saturated heterocycles. The molecule has 0 bridgehead atoms. The predicted molar refractivity (Wildman–Crippen MR) is 65.6 cm³/mol. The van der Waals surface area contributed by atoms with E-state index in [1.807, 2.05) is 31.2 Å². The van der Waals surface area contributed by atoms with Crippen molar-refractivity contribution in [3.05, 3.63) is 29.8 Å². The van der Waals surface area contributed by atoms with Crippen molar-refractivity contribution >= 4 is 0 Å². The molecule has 1 rings (SSSR count). The molecule has 0 saturated carbocycles. The topological polar surface area (TPSA) is 44.5 Å². The first-order valence-electron chi connectivity index (χ1n) is 5.74. The summed E-state index contributed by atoms with van der Waals surface area (Å²) in [7, 11) is 1.66. The van der Waals surface area contributed by atoms with Crippen LogP contribution in [0.3, 0.4) is 0 Å². The van der Waals surface area contributed by atoms with Gasteiger partial charge in [0.15, 0.2) is 0 Å². The second kappa shape index (κ2) is 6.51. The Kier molecular flexibility index (Phi) is 5.29. The van der Waals surface area contributed by atoms with Crippen molar-refractivity contribution in [3.63, 3.8) is 0 Å². The van der Waals surface area contributed by atoms with E-state index in [0.717, 1.165) is 17.7 Å². The highest BCUT2D eigenvalue weighted by Crippen LogP contribution is 2.21. The van der Waals surface area contributed by atoms with Crippen LogP contribution in [0, 0.1) is 0 Å². The van der Waals surface area contributed by atoms with Crippen molar-refractivity contribution in [2.45, 2.75) is 32.4 Å². The van der Waals surface area contributed by atoms with Crippen LogP contribution in [0.2, 0.25) is 0 Å². The summed E-state index contributed by atoms with van der Waals surface area (Å²) in [6, 6.07) is 7.76. The first-order valence-corrected chi connectivity index (χ1v) is 5.74. The molecule has 1 aromatic rings. The van der Waals surface area contributed by atoms with Gasteiger partial charge in [0.2, 0.25) is 0 Å². The van der Waals surface area contributed by atoms with E-state index in [1.165, 1.54) is 0 Å². The molecule has 1 aromatic carbocycles. The molecule has 0 radical (unpaired) electrons. The van der Waals surface area contributed by atoms with E-state index in [0.29, 0.717) is 6.61 Å². The van der Waals surface area contributed by atoms with Gasteiger partial charge in [-0.15, -0.1) is 0 Å². The van der Waals surface area contributed by atoms with Crippen LogP contribution in [-0.2, 0) is 4.74 Å². The molecule has 0 amide bonds. The lowest BCUT2D eigenvalue weighted by Gasteiger charge is -2.23. The van der Waals surface area contributed by atoms with Crippen LogP contribution in [0.1, 0.15) is 31.9 Å². The highest BCUT2D eigenvalue weighted by atomic mass is 16.5. The van der Waals surface area contributed by atoms with Crippen LogP contribution >= 0.6 is 0 Å². The largest absolute Gasteiger partial charge is 0.497 e. The SMILES string of the molecule is CCOC(CC)C(N)c1ccc(OC)cc1. The van der Waals surface area contributed by atoms with Crippen LogP contribution in [0.4, 0.5) is 0 Å². The van der Waals surface area contributed by atoms with Gasteiger partial charge in [-0.2, -0.15) is 0 Å². The second-order valence-corrected chi connectivity index (χ2v) is 3.70. The highest BCUT2D eigenvalue weighted by molar-refractivity contribution is 5.29. The number of hydrogen-bond donors (Lipinski definition) is 1. The van der Waals surface area contributed by atoms with Gasteiger partial charge >= 0.3 is 0 Å². The van der Waals surface area contributed by atoms with E-state index in [-0.39, 0.29) is 12.1 Å². The van der Waals surface area contributed by atoms with Crippen molar-refractivity contribution < 1.29 is 9.47 Å². The van der Waals surface area contributed by atoms with E-state index in [4.69, 9.17) is 15.2 Å². The molecule has 3 nitrogen and oxygen atoms in total. The Hall–Kier alpha value is -1.06. The fraction of sp³-hybridized carbons (Fsp3) is 0.538. The molecule has 2 N–H and O–H groups in total. The standard InChI is InChI=1S/C13H21NO2/c1-4-12(16-5-2)13(14)10-6-8-11(15-3)9-7-10/h6-9,12-13H,4-5,14H2,1-3H3. The molecular weight excluding hydrogens is 202 g/mol. The van der Waals surface area contributed by atoms with Crippen molar-refractivity contribution in [2.24, 2.45) is 5.73 Å². The zero-order valence-electron chi connectivity index (χ0n) is 10.3. The maximum absolute atomic E-state index is 6.16. The number of benzene rings is 1. The number of ether oxygens (including phenoxy) is 2. The second-order valence-electron chi connectivity index (χ2n) is 3.70. The third-order valence-electron chi connectivity index (χ3n) is 2.68. The van der Waals surface area contributed by atoms with Crippen molar-refractivity contribution in [3.8, 4) is 5.75 Å². The molecule has 0 heterocycles. The minimum atomic E-state index is -0.0733. The van der Waals surface area contributed by atoms with Gasteiger partial charge in [-0.3, -0.25) is 0 Å². The number of rotatable bonds is 6. The predicted octanol–water partition coefficient (Wildman–Crippen LogP) is 2.51. The summed E-state index contributed by atoms with van der Waals surface area (Å²) in [6.07, 6.45) is 1.000. The molecule has 0 aromatic heterocycles. The molecule has 0 aliphatic carbocycles. The van der Waals surface area contributed by atoms with Gasteiger partial charge in [-0.05, 0) is 31.0 Å². The Morgan fingerprint density at radius 3 is 2.25 bits per heavy atom. The normalized spacial score (nSPS) is 14.5. The van der Waals surface area contributed by atoms with E-state index < -0.39 is 0 Å². The maximum atomic E-state index is 6.16. The Bertz CT molecular complexity index is 297. The monoisotopic (exact) mass is 223 g/mol. The average molecular weight is 223 g/mol. The molecule has 0 aliphatic heterocycles. The lowest BCUT2D eigenvalue weighted by atomic mass is 10.0. The van der Waals surface area contributed by atoms with Crippen LogP contribution in [0.5, 0.6) is 5.75 Å². The molecule has 3 heteroatoms. The number of hydrogen-bond acceptors (Lipinski definition) is 3. The molecular formula is C13H21NO2. The summed E-state index contributed by atoms with van der Waals surface area (Å²) in [5.74, 6) is 0.848. The minimum Gasteiger partial charge on any atom is -0.497 e. The first kappa shape index (κ1) is 13.0. The van der Waals surface area contributed by atoms with Crippen molar-refractivity contribution in [1.29, 1.82) is 0 Å². The number of nitrogens with two attached hydrogens (primary N) is 1. The van der Waals surface area contributed by atoms with Crippen LogP contribution < -0.4 is 10.5 Å². The van der Waals surface area contributed by atoms with Gasteiger partial charge < -0.3 is 15.2 Å². The molecule has 0 fully saturated rings. The maximum Gasteiger partial charge on any atom is 0.118 e. The number of methoxy groups -OCH3 is 1. The summed E-state index contributed by atoms with van der Waals surface area (Å²) < 4.78 is 10.7. The third-order valence-corrected chi connectivity index (χ3v) is 2.68. The fourth-order valence-electron chi connectivity index (χ4n) is 1.73. The van der Waals surface area contributed by atoms with Gasteiger partial charge in [-0.1, -0.05) is 19.1 Å². The van der Waals surface area contributed by atoms with Gasteiger partial charge in [0.25, 0.3) is 0 Å². The summed E-state index contributed by atoms with van der Waals surface area (Å²) >= 11 is 0. The zero-order valence-corrected chi connectivity index (χ0v) is 10.3. The molecule has 0 aliphatic rings. The lowest BCUT2D eigenvalue weighted by Crippen LogP contribution is -2.28. The molecule has 2 atom stereocenters. The quantitative estimate of drug-likeness (QED) is 0.806. The van der Waals surface area contributed by atoms with E-state index >= 15 is 0 Å². The lowest BCUT2D eigenvalue weighted by molar-refractivity contribution is 0.0413. The minimum absolute atomic E-state index is 0.0733. The average Bonchev–Trinajstić information content (AvgIpc) is 2.35. The summed E-state index contributed by atoms with van der Waals surface area (Å²) in [5.41, 5.74) is 7.25. The van der Waals surface area contributed by atoms with Crippen LogP contribution in [-0.4, -0.2) is 19.8 Å². The zero-order chi connectivity index (χ0) is 12.0. The molecule has 2 unspecified atom stereocenters. The molecule has 16 heavy (non-hydrogen) atoms. The van der Waals surface area contributed by atoms with Gasteiger partial charge in [0.1, 0.15) is 5.75 Å². The van der Waals surface area contributed by atoms with Gasteiger partial charge in [0, 0.05) is 6.61 Å². The Morgan fingerprint density at radius 1 is 1.19 bits per heavy atom. The Balaban J connectivity index is 2.73. The Morgan fingerprint density at radius 2 is 1.81 bits per heavy atom. The summed E-state index contributed by atoms with van der Waals surface area (Å²) in [4.78, 5) is 0. The summed E-state index contributed by atoms with van der Waals surface area (Å²) in [5, 5.41) is 0. The van der Waals surface area contributed by atoms with Crippen molar-refractivity contribution in [2.75, 3.05) is 13.7 Å². The van der Waals surface area contributed by atoms with E-state index in [9.17, 15) is 0 Å². The summed E-state index contributed by atoms with van der Waals surface area (Å²) in [6.45, 7) is 4.77. The van der Waals surface area contributed by atoms with Crippen LogP contribution in [0.15, 0.2) is 24.3 Å². The van der Waals surface area contributed by atoms with Gasteiger partial charge in [0.05, 0.1) is 19.3 Å². The molecule has 90 valence electrons. The van der Waals surface area contributed by atoms with E-state index in [2.05, 4.69) is 6.92 Å².